The fraction of sp³-hybridized carbons (Fsp3) is 0.467. The number of aromatic nitrogens is 2. The number of nitrogens with zero attached hydrogens (tertiary/aromatic N) is 2. The molecular formula is C15H22N4O. The van der Waals surface area contributed by atoms with E-state index < -0.39 is 0 Å². The van der Waals surface area contributed by atoms with Crippen LogP contribution in [0.2, 0.25) is 0 Å². The lowest BCUT2D eigenvalue weighted by molar-refractivity contribution is -0.120. The summed E-state index contributed by atoms with van der Waals surface area (Å²) in [5.74, 6) is 0.505. The van der Waals surface area contributed by atoms with Crippen LogP contribution in [0.3, 0.4) is 0 Å². The highest BCUT2D eigenvalue weighted by molar-refractivity contribution is 5.77. The third-order valence-electron chi connectivity index (χ3n) is 3.11. The molecule has 5 nitrogen and oxygen atoms in total. The van der Waals surface area contributed by atoms with Crippen molar-refractivity contribution in [3.63, 3.8) is 0 Å². The van der Waals surface area contributed by atoms with Crippen LogP contribution >= 0.6 is 0 Å². The van der Waals surface area contributed by atoms with Crippen LogP contribution in [0.25, 0.3) is 5.65 Å². The van der Waals surface area contributed by atoms with Crippen LogP contribution in [0.15, 0.2) is 24.4 Å². The summed E-state index contributed by atoms with van der Waals surface area (Å²) in [4.78, 5) is 16.1. The molecule has 2 heterocycles. The number of hydrogen-bond acceptors (Lipinski definition) is 3. The lowest BCUT2D eigenvalue weighted by Gasteiger charge is -2.09. The molecule has 2 aromatic heterocycles. The summed E-state index contributed by atoms with van der Waals surface area (Å²) in [6.07, 6.45) is 1.99. The molecule has 2 N–H and O–H groups in total. The molecule has 0 aromatic carbocycles. The molecule has 0 saturated carbocycles. The quantitative estimate of drug-likeness (QED) is 0.839. The Hall–Kier alpha value is -1.88. The monoisotopic (exact) mass is 274 g/mol. The highest BCUT2D eigenvalue weighted by atomic mass is 16.1. The predicted molar refractivity (Wildman–Crippen MR) is 79.5 cm³/mol. The number of rotatable bonds is 6. The van der Waals surface area contributed by atoms with Crippen LogP contribution in [0.4, 0.5) is 0 Å². The van der Waals surface area contributed by atoms with Crippen LogP contribution in [-0.4, -0.2) is 28.4 Å². The van der Waals surface area contributed by atoms with Gasteiger partial charge in [-0.2, -0.15) is 0 Å². The maximum Gasteiger partial charge on any atom is 0.233 e. The van der Waals surface area contributed by atoms with E-state index >= 15 is 0 Å². The van der Waals surface area contributed by atoms with Gasteiger partial charge in [0.1, 0.15) is 5.65 Å². The standard InChI is InChI=1S/C15H22N4O/c1-11(2)8-17-15(20)10-16-9-13-12(3)18-14-6-4-5-7-19(13)14/h4-7,11,16H,8-10H2,1-3H3,(H,17,20). The van der Waals surface area contributed by atoms with Gasteiger partial charge < -0.3 is 15.0 Å². The molecule has 5 heteroatoms. The minimum Gasteiger partial charge on any atom is -0.355 e. The first-order valence-corrected chi connectivity index (χ1v) is 6.98. The number of fused-ring (bicyclic) bond motifs is 1. The molecule has 0 spiro atoms. The third-order valence-corrected chi connectivity index (χ3v) is 3.11. The van der Waals surface area contributed by atoms with E-state index in [1.807, 2.05) is 35.7 Å². The minimum absolute atomic E-state index is 0.0326. The summed E-state index contributed by atoms with van der Waals surface area (Å²) < 4.78 is 2.05. The van der Waals surface area contributed by atoms with E-state index in [1.165, 1.54) is 0 Å². The number of aryl methyl sites for hydroxylation is 1. The highest BCUT2D eigenvalue weighted by Crippen LogP contribution is 2.10. The van der Waals surface area contributed by atoms with Gasteiger partial charge >= 0.3 is 0 Å². The molecule has 2 rings (SSSR count). The number of carbonyl (C=O) groups excluding carboxylic acids is 1. The van der Waals surface area contributed by atoms with E-state index in [2.05, 4.69) is 29.5 Å². The zero-order valence-electron chi connectivity index (χ0n) is 12.3. The zero-order chi connectivity index (χ0) is 14.5. The molecule has 0 fully saturated rings. The van der Waals surface area contributed by atoms with Crippen LogP contribution in [0, 0.1) is 12.8 Å². The summed E-state index contributed by atoms with van der Waals surface area (Å²) in [7, 11) is 0. The van der Waals surface area contributed by atoms with Crippen LogP contribution < -0.4 is 10.6 Å². The molecular weight excluding hydrogens is 252 g/mol. The van der Waals surface area contributed by atoms with Gasteiger partial charge in [0.05, 0.1) is 17.9 Å². The average molecular weight is 274 g/mol. The molecule has 0 saturated heterocycles. The van der Waals surface area contributed by atoms with E-state index in [-0.39, 0.29) is 5.91 Å². The Balaban J connectivity index is 1.90. The van der Waals surface area contributed by atoms with Crippen molar-refractivity contribution in [1.82, 2.24) is 20.0 Å². The normalized spacial score (nSPS) is 11.2. The molecule has 108 valence electrons. The minimum atomic E-state index is 0.0326. The number of carbonyl (C=O) groups is 1. The first-order valence-electron chi connectivity index (χ1n) is 6.98. The van der Waals surface area contributed by atoms with Gasteiger partial charge in [-0.05, 0) is 25.0 Å². The van der Waals surface area contributed by atoms with Gasteiger partial charge in [0, 0.05) is 19.3 Å². The van der Waals surface area contributed by atoms with Crippen LogP contribution in [-0.2, 0) is 11.3 Å². The van der Waals surface area contributed by atoms with Gasteiger partial charge in [0.25, 0.3) is 0 Å². The Bertz CT molecular complexity index is 589. The van der Waals surface area contributed by atoms with Crippen molar-refractivity contribution in [3.8, 4) is 0 Å². The first-order chi connectivity index (χ1) is 9.58. The van der Waals surface area contributed by atoms with E-state index in [0.717, 1.165) is 23.6 Å². The maximum absolute atomic E-state index is 11.6. The van der Waals surface area contributed by atoms with E-state index in [1.54, 1.807) is 0 Å². The Morgan fingerprint density at radius 3 is 2.95 bits per heavy atom. The molecule has 0 aliphatic rings. The molecule has 2 aromatic rings. The summed E-state index contributed by atoms with van der Waals surface area (Å²) in [6, 6.07) is 5.93. The molecule has 0 atom stereocenters. The number of amides is 1. The Labute approximate surface area is 119 Å². The van der Waals surface area contributed by atoms with Crippen molar-refractivity contribution in [2.24, 2.45) is 5.92 Å². The number of nitrogens with one attached hydrogen (secondary N) is 2. The van der Waals surface area contributed by atoms with Crippen LogP contribution in [0.1, 0.15) is 25.2 Å². The number of pyridine rings is 1. The van der Waals surface area contributed by atoms with Gasteiger partial charge in [-0.25, -0.2) is 4.98 Å². The van der Waals surface area contributed by atoms with E-state index in [4.69, 9.17) is 0 Å². The Morgan fingerprint density at radius 1 is 1.40 bits per heavy atom. The second kappa shape index (κ2) is 6.52. The summed E-state index contributed by atoms with van der Waals surface area (Å²) >= 11 is 0. The number of hydrogen-bond donors (Lipinski definition) is 2. The number of imidazole rings is 1. The van der Waals surface area contributed by atoms with Crippen molar-refractivity contribution in [3.05, 3.63) is 35.8 Å². The van der Waals surface area contributed by atoms with Crippen molar-refractivity contribution < 1.29 is 4.79 Å². The fourth-order valence-corrected chi connectivity index (χ4v) is 2.05. The SMILES string of the molecule is Cc1nc2ccccn2c1CNCC(=O)NCC(C)C. The second-order valence-electron chi connectivity index (χ2n) is 5.37. The molecule has 0 aliphatic carbocycles. The lowest BCUT2D eigenvalue weighted by atomic mass is 10.2. The van der Waals surface area contributed by atoms with Crippen molar-refractivity contribution in [2.75, 3.05) is 13.1 Å². The zero-order valence-corrected chi connectivity index (χ0v) is 12.3. The van der Waals surface area contributed by atoms with Gasteiger partial charge in [-0.1, -0.05) is 19.9 Å². The van der Waals surface area contributed by atoms with Crippen molar-refractivity contribution in [1.29, 1.82) is 0 Å². The van der Waals surface area contributed by atoms with E-state index in [0.29, 0.717) is 19.0 Å². The molecule has 0 radical (unpaired) electrons. The predicted octanol–water partition coefficient (Wildman–Crippen LogP) is 1.50. The Morgan fingerprint density at radius 2 is 2.20 bits per heavy atom. The van der Waals surface area contributed by atoms with Crippen molar-refractivity contribution >= 4 is 11.6 Å². The third kappa shape index (κ3) is 3.57. The molecule has 1 amide bonds. The maximum atomic E-state index is 11.6. The van der Waals surface area contributed by atoms with Crippen LogP contribution in [0.5, 0.6) is 0 Å². The molecule has 0 aliphatic heterocycles. The summed E-state index contributed by atoms with van der Waals surface area (Å²) in [6.45, 7) is 7.82. The largest absolute Gasteiger partial charge is 0.355 e. The average Bonchev–Trinajstić information content (AvgIpc) is 2.73. The van der Waals surface area contributed by atoms with Gasteiger partial charge in [-0.15, -0.1) is 0 Å². The van der Waals surface area contributed by atoms with Gasteiger partial charge in [-0.3, -0.25) is 4.79 Å². The molecule has 0 bridgehead atoms. The second-order valence-corrected chi connectivity index (χ2v) is 5.37. The van der Waals surface area contributed by atoms with E-state index in [9.17, 15) is 4.79 Å². The lowest BCUT2D eigenvalue weighted by Crippen LogP contribution is -2.35. The highest BCUT2D eigenvalue weighted by Gasteiger charge is 2.08. The fourth-order valence-electron chi connectivity index (χ4n) is 2.05. The Kier molecular flexibility index (Phi) is 4.74. The smallest absolute Gasteiger partial charge is 0.233 e. The van der Waals surface area contributed by atoms with Gasteiger partial charge in [0.15, 0.2) is 0 Å². The topological polar surface area (TPSA) is 58.4 Å². The van der Waals surface area contributed by atoms with Gasteiger partial charge in [0.2, 0.25) is 5.91 Å². The van der Waals surface area contributed by atoms with Crippen molar-refractivity contribution in [2.45, 2.75) is 27.3 Å². The molecule has 0 unspecified atom stereocenters. The summed E-state index contributed by atoms with van der Waals surface area (Å²) in [5, 5.41) is 6.06. The molecule has 20 heavy (non-hydrogen) atoms. The first kappa shape index (κ1) is 14.5. The summed E-state index contributed by atoms with van der Waals surface area (Å²) in [5.41, 5.74) is 3.02.